The van der Waals surface area contributed by atoms with Gasteiger partial charge in [0.25, 0.3) is 0 Å². The average Bonchev–Trinajstić information content (AvgIpc) is 2.04. The molecule has 14 heavy (non-hydrogen) atoms. The minimum atomic E-state index is -4.91. The summed E-state index contributed by atoms with van der Waals surface area (Å²) in [7, 11) is 0. The normalized spacial score (nSPS) is 10.1. The van der Waals surface area contributed by atoms with Crippen LogP contribution in [0.4, 0.5) is 12.9 Å². The molecule has 0 spiro atoms. The maximum absolute atomic E-state index is 12.1. The molecule has 0 bridgehead atoms. The molecule has 1 aromatic carbocycles. The maximum Gasteiger partial charge on any atom is 1.00 e. The van der Waals surface area contributed by atoms with Crippen LogP contribution in [0.5, 0.6) is 0 Å². The molecule has 0 aliphatic carbocycles. The maximum atomic E-state index is 12.1. The topological polar surface area (TPSA) is 23.8 Å². The molecule has 0 fully saturated rings. The van der Waals surface area contributed by atoms with Crippen LogP contribution in [0, 0.1) is 11.3 Å². The van der Waals surface area contributed by atoms with Crippen molar-refractivity contribution in [3.63, 3.8) is 0 Å². The third-order valence-corrected chi connectivity index (χ3v) is 1.64. The summed E-state index contributed by atoms with van der Waals surface area (Å²) in [6.07, 6.45) is 0.144. The van der Waals surface area contributed by atoms with Gasteiger partial charge in [-0.25, -0.2) is 0 Å². The van der Waals surface area contributed by atoms with E-state index in [-0.39, 0.29) is 57.8 Å². The first kappa shape index (κ1) is 14.2. The van der Waals surface area contributed by atoms with Crippen molar-refractivity contribution in [2.75, 3.05) is 0 Å². The minimum Gasteiger partial charge on any atom is -0.445 e. The third-order valence-electron chi connectivity index (χ3n) is 1.64. The number of rotatable bonds is 2. The van der Waals surface area contributed by atoms with E-state index < -0.39 is 12.4 Å². The second-order valence-electron chi connectivity index (χ2n) is 2.65. The summed E-state index contributed by atoms with van der Waals surface area (Å²) in [6, 6.07) is 6.53. The van der Waals surface area contributed by atoms with Gasteiger partial charge in [-0.05, 0) is 5.56 Å². The van der Waals surface area contributed by atoms with E-state index in [1.165, 1.54) is 12.1 Å². The van der Waals surface area contributed by atoms with Crippen LogP contribution in [-0.4, -0.2) is 6.98 Å². The first-order valence-corrected chi connectivity index (χ1v) is 3.70. The smallest absolute Gasteiger partial charge is 0.445 e. The molecule has 0 aliphatic heterocycles. The van der Waals surface area contributed by atoms with Crippen LogP contribution in [0.2, 0.25) is 0 Å². The predicted octanol–water partition coefficient (Wildman–Crippen LogP) is -1.19. The Hall–Kier alpha value is 0.201. The second kappa shape index (κ2) is 5.93. The molecule has 1 rings (SSSR count). The molecule has 0 amide bonds. The molecule has 1 aromatic rings. The molecule has 0 atom stereocenters. The van der Waals surface area contributed by atoms with Gasteiger partial charge in [0, 0.05) is 0 Å². The second-order valence-corrected chi connectivity index (χ2v) is 2.65. The molecular formula is C8H6BF3KN. The fraction of sp³-hybridized carbons (Fsp3) is 0.125. The Kier molecular flexibility index (Phi) is 6.02. The Morgan fingerprint density at radius 1 is 1.14 bits per heavy atom. The standard InChI is InChI=1S/C8H6BF3N.K/c10-9(11,12)8-3-1-7(2-4-8)5-6-13;/h1-4H,5H2;/q-1;+1. The molecular weight excluding hydrogens is 217 g/mol. The van der Waals surface area contributed by atoms with Crippen LogP contribution in [0.25, 0.3) is 0 Å². The van der Waals surface area contributed by atoms with Crippen molar-refractivity contribution in [2.45, 2.75) is 6.42 Å². The first-order valence-electron chi connectivity index (χ1n) is 3.70. The number of nitriles is 1. The summed E-state index contributed by atoms with van der Waals surface area (Å²) < 4.78 is 36.3. The van der Waals surface area contributed by atoms with Gasteiger partial charge in [0.05, 0.1) is 12.5 Å². The van der Waals surface area contributed by atoms with E-state index in [9.17, 15) is 12.9 Å². The van der Waals surface area contributed by atoms with E-state index >= 15 is 0 Å². The predicted molar refractivity (Wildman–Crippen MR) is 44.5 cm³/mol. The Bertz CT molecular complexity index is 328. The van der Waals surface area contributed by atoms with Gasteiger partial charge in [-0.1, -0.05) is 24.3 Å². The van der Waals surface area contributed by atoms with Gasteiger partial charge < -0.3 is 12.9 Å². The summed E-state index contributed by atoms with van der Waals surface area (Å²) in [6.45, 7) is -4.91. The van der Waals surface area contributed by atoms with Gasteiger partial charge in [-0.15, -0.1) is 5.46 Å². The molecule has 0 aromatic heterocycles. The SMILES string of the molecule is N#CCc1ccc([B-](F)(F)F)cc1.[K+]. The van der Waals surface area contributed by atoms with Crippen molar-refractivity contribution >= 4 is 12.4 Å². The minimum absolute atomic E-state index is 0. The average molecular weight is 223 g/mol. The van der Waals surface area contributed by atoms with E-state index in [1.807, 2.05) is 6.07 Å². The zero-order valence-electron chi connectivity index (χ0n) is 7.67. The quantitative estimate of drug-likeness (QED) is 0.578. The number of halogens is 3. The van der Waals surface area contributed by atoms with Crippen LogP contribution in [0.3, 0.4) is 0 Å². The number of hydrogen-bond acceptors (Lipinski definition) is 1. The molecule has 0 unspecified atom stereocenters. The number of benzene rings is 1. The molecule has 68 valence electrons. The van der Waals surface area contributed by atoms with Crippen molar-refractivity contribution in [2.24, 2.45) is 0 Å². The molecule has 1 nitrogen and oxygen atoms in total. The van der Waals surface area contributed by atoms with Gasteiger partial charge in [-0.2, -0.15) is 5.26 Å². The fourth-order valence-electron chi connectivity index (χ4n) is 0.945. The number of hydrogen-bond donors (Lipinski definition) is 0. The molecule has 6 heteroatoms. The Balaban J connectivity index is 0.00000169. The van der Waals surface area contributed by atoms with Gasteiger partial charge >= 0.3 is 58.4 Å². The summed E-state index contributed by atoms with van der Waals surface area (Å²) in [5, 5.41) is 8.28. The molecule has 0 saturated carbocycles. The van der Waals surface area contributed by atoms with Gasteiger partial charge in [-0.3, -0.25) is 0 Å². The zero-order valence-corrected chi connectivity index (χ0v) is 10.8. The Labute approximate surface area is 123 Å². The summed E-state index contributed by atoms with van der Waals surface area (Å²) >= 11 is 0. The molecule has 0 heterocycles. The zero-order chi connectivity index (χ0) is 9.90. The Morgan fingerprint density at radius 2 is 1.64 bits per heavy atom. The van der Waals surface area contributed by atoms with Gasteiger partial charge in [0.15, 0.2) is 0 Å². The van der Waals surface area contributed by atoms with Crippen molar-refractivity contribution in [3.05, 3.63) is 29.8 Å². The van der Waals surface area contributed by atoms with Crippen molar-refractivity contribution < 1.29 is 64.3 Å². The summed E-state index contributed by atoms with van der Waals surface area (Å²) in [5.41, 5.74) is -0.0204. The molecule has 0 N–H and O–H groups in total. The van der Waals surface area contributed by atoms with E-state index in [4.69, 9.17) is 5.26 Å². The summed E-state index contributed by atoms with van der Waals surface area (Å²) in [5.74, 6) is 0. The van der Waals surface area contributed by atoms with Crippen LogP contribution in [0.1, 0.15) is 5.56 Å². The van der Waals surface area contributed by atoms with Crippen molar-refractivity contribution in [1.82, 2.24) is 0 Å². The number of nitrogens with zero attached hydrogens (tertiary/aromatic N) is 1. The van der Waals surface area contributed by atoms with Crippen LogP contribution < -0.4 is 56.8 Å². The third kappa shape index (κ3) is 4.15. The van der Waals surface area contributed by atoms with Gasteiger partial charge in [0.1, 0.15) is 0 Å². The monoisotopic (exact) mass is 223 g/mol. The first-order chi connectivity index (χ1) is 6.04. The van der Waals surface area contributed by atoms with Gasteiger partial charge in [0.2, 0.25) is 0 Å². The van der Waals surface area contributed by atoms with Crippen molar-refractivity contribution in [3.8, 4) is 6.07 Å². The molecule has 0 radical (unpaired) electrons. The van der Waals surface area contributed by atoms with E-state index in [0.29, 0.717) is 5.56 Å². The van der Waals surface area contributed by atoms with Crippen LogP contribution in [-0.2, 0) is 6.42 Å². The summed E-state index contributed by atoms with van der Waals surface area (Å²) in [4.78, 5) is 0. The van der Waals surface area contributed by atoms with Crippen molar-refractivity contribution in [1.29, 1.82) is 5.26 Å². The Morgan fingerprint density at radius 3 is 2.00 bits per heavy atom. The fourth-order valence-corrected chi connectivity index (χ4v) is 0.945. The van der Waals surface area contributed by atoms with E-state index in [2.05, 4.69) is 0 Å². The largest absolute Gasteiger partial charge is 1.00 e. The van der Waals surface area contributed by atoms with Crippen LogP contribution >= 0.6 is 0 Å². The van der Waals surface area contributed by atoms with E-state index in [0.717, 1.165) is 12.1 Å². The molecule has 0 saturated heterocycles. The van der Waals surface area contributed by atoms with Crippen LogP contribution in [0.15, 0.2) is 24.3 Å². The van der Waals surface area contributed by atoms with E-state index in [1.54, 1.807) is 0 Å². The molecule has 0 aliphatic rings.